The highest BCUT2D eigenvalue weighted by molar-refractivity contribution is 5.80. The molecular weight excluding hydrogens is 206 g/mol. The normalized spacial score (nSPS) is 18.4. The first-order valence-corrected chi connectivity index (χ1v) is 5.66. The molecule has 1 unspecified atom stereocenters. The second-order valence-electron chi connectivity index (χ2n) is 3.87. The number of carbonyl (C=O) groups excluding carboxylic acids is 1. The van der Waals surface area contributed by atoms with E-state index in [1.165, 1.54) is 6.33 Å². The fraction of sp³-hybridized carbons (Fsp3) is 0.700. The lowest BCUT2D eigenvalue weighted by atomic mass is 10.2. The summed E-state index contributed by atoms with van der Waals surface area (Å²) in [6.07, 6.45) is 3.81. The van der Waals surface area contributed by atoms with Crippen LogP contribution in [0.15, 0.2) is 12.7 Å². The Morgan fingerprint density at radius 1 is 1.50 bits per heavy atom. The SMILES string of the molecule is CCC(C(=O)N1CCNCC1)n1cncn1. The smallest absolute Gasteiger partial charge is 0.247 e. The van der Waals surface area contributed by atoms with Crippen molar-refractivity contribution in [3.63, 3.8) is 0 Å². The topological polar surface area (TPSA) is 63.1 Å². The molecule has 1 aliphatic heterocycles. The molecule has 0 spiro atoms. The first-order valence-electron chi connectivity index (χ1n) is 5.66. The maximum absolute atomic E-state index is 12.2. The zero-order valence-electron chi connectivity index (χ0n) is 9.46. The van der Waals surface area contributed by atoms with Crippen molar-refractivity contribution in [1.82, 2.24) is 25.0 Å². The van der Waals surface area contributed by atoms with E-state index in [9.17, 15) is 4.79 Å². The van der Waals surface area contributed by atoms with Crippen molar-refractivity contribution >= 4 is 5.91 Å². The van der Waals surface area contributed by atoms with Gasteiger partial charge in [-0.2, -0.15) is 5.10 Å². The van der Waals surface area contributed by atoms with Gasteiger partial charge in [0, 0.05) is 26.2 Å². The second kappa shape index (κ2) is 5.07. The number of carbonyl (C=O) groups is 1. The fourth-order valence-corrected chi connectivity index (χ4v) is 1.95. The lowest BCUT2D eigenvalue weighted by molar-refractivity contribution is -0.135. The first kappa shape index (κ1) is 11.1. The van der Waals surface area contributed by atoms with Crippen molar-refractivity contribution in [1.29, 1.82) is 0 Å². The third-order valence-electron chi connectivity index (χ3n) is 2.86. The number of nitrogens with zero attached hydrogens (tertiary/aromatic N) is 4. The molecule has 2 heterocycles. The Hall–Kier alpha value is -1.43. The van der Waals surface area contributed by atoms with Gasteiger partial charge in [-0.1, -0.05) is 6.92 Å². The number of rotatable bonds is 3. The van der Waals surface area contributed by atoms with Gasteiger partial charge in [-0.05, 0) is 6.42 Å². The second-order valence-corrected chi connectivity index (χ2v) is 3.87. The Labute approximate surface area is 94.6 Å². The molecule has 1 aliphatic rings. The predicted octanol–water partition coefficient (Wildman–Crippen LogP) is -0.339. The molecule has 0 radical (unpaired) electrons. The number of amides is 1. The fourth-order valence-electron chi connectivity index (χ4n) is 1.95. The molecule has 6 nitrogen and oxygen atoms in total. The largest absolute Gasteiger partial charge is 0.338 e. The minimum absolute atomic E-state index is 0.148. The lowest BCUT2D eigenvalue weighted by Crippen LogP contribution is -2.48. The average Bonchev–Trinajstić information content (AvgIpc) is 2.85. The quantitative estimate of drug-likeness (QED) is 0.761. The van der Waals surface area contributed by atoms with Crippen molar-refractivity contribution < 1.29 is 4.79 Å². The van der Waals surface area contributed by atoms with Crippen LogP contribution in [0.5, 0.6) is 0 Å². The molecule has 0 saturated carbocycles. The van der Waals surface area contributed by atoms with Crippen LogP contribution >= 0.6 is 0 Å². The summed E-state index contributed by atoms with van der Waals surface area (Å²) >= 11 is 0. The van der Waals surface area contributed by atoms with E-state index in [-0.39, 0.29) is 11.9 Å². The summed E-state index contributed by atoms with van der Waals surface area (Å²) in [6, 6.07) is -0.208. The Morgan fingerprint density at radius 3 is 2.81 bits per heavy atom. The monoisotopic (exact) mass is 223 g/mol. The van der Waals surface area contributed by atoms with Gasteiger partial charge >= 0.3 is 0 Å². The molecule has 1 atom stereocenters. The molecule has 1 aromatic heterocycles. The van der Waals surface area contributed by atoms with E-state index >= 15 is 0 Å². The van der Waals surface area contributed by atoms with E-state index in [4.69, 9.17) is 0 Å². The van der Waals surface area contributed by atoms with Gasteiger partial charge in [-0.25, -0.2) is 9.67 Å². The van der Waals surface area contributed by atoms with Gasteiger partial charge < -0.3 is 10.2 Å². The van der Waals surface area contributed by atoms with Crippen LogP contribution in [0.25, 0.3) is 0 Å². The van der Waals surface area contributed by atoms with Gasteiger partial charge in [-0.15, -0.1) is 0 Å². The van der Waals surface area contributed by atoms with Gasteiger partial charge in [0.1, 0.15) is 18.7 Å². The molecule has 0 aliphatic carbocycles. The summed E-state index contributed by atoms with van der Waals surface area (Å²) in [7, 11) is 0. The molecule has 1 saturated heterocycles. The molecule has 0 aromatic carbocycles. The Morgan fingerprint density at radius 2 is 2.25 bits per heavy atom. The van der Waals surface area contributed by atoms with E-state index in [1.54, 1.807) is 11.0 Å². The minimum atomic E-state index is -0.208. The number of aromatic nitrogens is 3. The van der Waals surface area contributed by atoms with Gasteiger partial charge in [0.25, 0.3) is 0 Å². The molecule has 1 fully saturated rings. The zero-order chi connectivity index (χ0) is 11.4. The van der Waals surface area contributed by atoms with Crippen LogP contribution in [-0.2, 0) is 4.79 Å². The van der Waals surface area contributed by atoms with Crippen LogP contribution in [0, 0.1) is 0 Å². The standard InChI is InChI=1S/C10H17N5O/c1-2-9(15-8-12-7-13-15)10(16)14-5-3-11-4-6-14/h7-9,11H,2-6H2,1H3. The van der Waals surface area contributed by atoms with Gasteiger partial charge in [0.05, 0.1) is 0 Å². The summed E-state index contributed by atoms with van der Waals surface area (Å²) in [5.74, 6) is 0.148. The summed E-state index contributed by atoms with van der Waals surface area (Å²) in [6.45, 7) is 5.31. The van der Waals surface area contributed by atoms with Crippen molar-refractivity contribution in [3.8, 4) is 0 Å². The summed E-state index contributed by atoms with van der Waals surface area (Å²) in [4.78, 5) is 18.0. The molecular formula is C10H17N5O. The third-order valence-corrected chi connectivity index (χ3v) is 2.86. The molecule has 16 heavy (non-hydrogen) atoms. The number of nitrogens with one attached hydrogen (secondary N) is 1. The van der Waals surface area contributed by atoms with E-state index in [1.807, 2.05) is 11.8 Å². The van der Waals surface area contributed by atoms with Crippen molar-refractivity contribution in [2.45, 2.75) is 19.4 Å². The highest BCUT2D eigenvalue weighted by Gasteiger charge is 2.25. The van der Waals surface area contributed by atoms with Crippen molar-refractivity contribution in [2.24, 2.45) is 0 Å². The highest BCUT2D eigenvalue weighted by atomic mass is 16.2. The van der Waals surface area contributed by atoms with Gasteiger partial charge in [0.15, 0.2) is 0 Å². The molecule has 1 N–H and O–H groups in total. The summed E-state index contributed by atoms with van der Waals surface area (Å²) < 4.78 is 1.64. The molecule has 1 amide bonds. The Kier molecular flexibility index (Phi) is 3.51. The molecule has 88 valence electrons. The predicted molar refractivity (Wildman–Crippen MR) is 58.8 cm³/mol. The van der Waals surface area contributed by atoms with Gasteiger partial charge in [0.2, 0.25) is 5.91 Å². The van der Waals surface area contributed by atoms with E-state index in [2.05, 4.69) is 15.4 Å². The van der Waals surface area contributed by atoms with Crippen LogP contribution in [0.2, 0.25) is 0 Å². The van der Waals surface area contributed by atoms with Crippen molar-refractivity contribution in [2.75, 3.05) is 26.2 Å². The molecule has 6 heteroatoms. The van der Waals surface area contributed by atoms with Gasteiger partial charge in [-0.3, -0.25) is 4.79 Å². The van der Waals surface area contributed by atoms with E-state index in [0.717, 1.165) is 32.6 Å². The van der Waals surface area contributed by atoms with Crippen LogP contribution in [0.1, 0.15) is 19.4 Å². The first-order chi connectivity index (χ1) is 7.83. The summed E-state index contributed by atoms with van der Waals surface area (Å²) in [5.41, 5.74) is 0. The zero-order valence-corrected chi connectivity index (χ0v) is 9.46. The van der Waals surface area contributed by atoms with Crippen LogP contribution in [0.3, 0.4) is 0 Å². The summed E-state index contributed by atoms with van der Waals surface area (Å²) in [5, 5.41) is 7.28. The average molecular weight is 223 g/mol. The Bertz CT molecular complexity index is 331. The minimum Gasteiger partial charge on any atom is -0.338 e. The third kappa shape index (κ3) is 2.21. The maximum atomic E-state index is 12.2. The molecule has 0 bridgehead atoms. The highest BCUT2D eigenvalue weighted by Crippen LogP contribution is 2.13. The number of hydrogen-bond donors (Lipinski definition) is 1. The van der Waals surface area contributed by atoms with E-state index < -0.39 is 0 Å². The maximum Gasteiger partial charge on any atom is 0.247 e. The van der Waals surface area contributed by atoms with Crippen molar-refractivity contribution in [3.05, 3.63) is 12.7 Å². The lowest BCUT2D eigenvalue weighted by Gasteiger charge is -2.30. The number of hydrogen-bond acceptors (Lipinski definition) is 4. The molecule has 2 rings (SSSR count). The van der Waals surface area contributed by atoms with E-state index in [0.29, 0.717) is 0 Å². The molecule has 1 aromatic rings. The van der Waals surface area contributed by atoms with Crippen LogP contribution in [0.4, 0.5) is 0 Å². The van der Waals surface area contributed by atoms with Crippen LogP contribution in [-0.4, -0.2) is 51.8 Å². The number of piperazine rings is 1. The van der Waals surface area contributed by atoms with Crippen LogP contribution < -0.4 is 5.32 Å². The Balaban J connectivity index is 2.06.